The Hall–Kier alpha value is -2.33. The molecule has 1 aliphatic rings. The summed E-state index contributed by atoms with van der Waals surface area (Å²) in [6, 6.07) is 16.9. The van der Waals surface area contributed by atoms with Gasteiger partial charge in [-0.05, 0) is 31.4 Å². The van der Waals surface area contributed by atoms with Gasteiger partial charge in [0.1, 0.15) is 5.75 Å². The Labute approximate surface area is 156 Å². The number of rotatable bonds is 6. The number of methoxy groups -OCH3 is 1. The zero-order valence-electron chi connectivity index (χ0n) is 15.7. The van der Waals surface area contributed by atoms with Crippen LogP contribution >= 0.6 is 0 Å². The van der Waals surface area contributed by atoms with Crippen LogP contribution in [-0.2, 0) is 17.8 Å². The number of piperidine rings is 1. The summed E-state index contributed by atoms with van der Waals surface area (Å²) >= 11 is 0. The summed E-state index contributed by atoms with van der Waals surface area (Å²) in [4.78, 5) is 14.6. The molecule has 0 radical (unpaired) electrons. The molecule has 0 saturated carbocycles. The molecule has 0 aliphatic carbocycles. The smallest absolute Gasteiger partial charge is 0.227 e. The van der Waals surface area contributed by atoms with Gasteiger partial charge in [-0.1, -0.05) is 48.0 Å². The van der Waals surface area contributed by atoms with E-state index in [0.717, 1.165) is 43.8 Å². The first-order valence-corrected chi connectivity index (χ1v) is 9.34. The number of hydrogen-bond donors (Lipinski definition) is 1. The molecular formula is C22H28N2O2. The van der Waals surface area contributed by atoms with Gasteiger partial charge in [0.25, 0.3) is 0 Å². The van der Waals surface area contributed by atoms with Crippen molar-refractivity contribution in [2.75, 3.05) is 20.2 Å². The van der Waals surface area contributed by atoms with Gasteiger partial charge in [-0.25, -0.2) is 0 Å². The minimum Gasteiger partial charge on any atom is -0.496 e. The van der Waals surface area contributed by atoms with Crippen LogP contribution in [0.4, 0.5) is 0 Å². The van der Waals surface area contributed by atoms with E-state index in [1.807, 2.05) is 29.2 Å². The molecule has 1 aliphatic heterocycles. The molecule has 3 rings (SSSR count). The third-order valence-electron chi connectivity index (χ3n) is 5.10. The van der Waals surface area contributed by atoms with Crippen molar-refractivity contribution in [3.05, 3.63) is 65.2 Å². The van der Waals surface area contributed by atoms with E-state index in [0.29, 0.717) is 12.5 Å². The summed E-state index contributed by atoms with van der Waals surface area (Å²) in [5, 5.41) is 3.63. The molecule has 1 heterocycles. The highest BCUT2D eigenvalue weighted by Crippen LogP contribution is 2.20. The van der Waals surface area contributed by atoms with Gasteiger partial charge in [-0.2, -0.15) is 0 Å². The van der Waals surface area contributed by atoms with Gasteiger partial charge in [-0.15, -0.1) is 0 Å². The number of carbonyl (C=O) groups is 1. The fourth-order valence-corrected chi connectivity index (χ4v) is 3.42. The Bertz CT molecular complexity index is 719. The van der Waals surface area contributed by atoms with Crippen LogP contribution in [0.2, 0.25) is 0 Å². The molecule has 2 aromatic rings. The molecule has 0 unspecified atom stereocenters. The Kier molecular flexibility index (Phi) is 6.29. The van der Waals surface area contributed by atoms with Crippen molar-refractivity contribution < 1.29 is 9.53 Å². The Morgan fingerprint density at radius 2 is 1.81 bits per heavy atom. The van der Waals surface area contributed by atoms with Gasteiger partial charge in [0, 0.05) is 31.2 Å². The molecule has 0 spiro atoms. The van der Waals surface area contributed by atoms with Gasteiger partial charge in [0.05, 0.1) is 13.5 Å². The van der Waals surface area contributed by atoms with E-state index in [2.05, 4.69) is 36.5 Å². The topological polar surface area (TPSA) is 41.6 Å². The molecule has 2 aromatic carbocycles. The number of nitrogens with one attached hydrogen (secondary N) is 1. The molecule has 0 bridgehead atoms. The van der Waals surface area contributed by atoms with Gasteiger partial charge in [-0.3, -0.25) is 4.79 Å². The minimum atomic E-state index is 0.187. The first-order valence-electron chi connectivity index (χ1n) is 9.34. The lowest BCUT2D eigenvalue weighted by atomic mass is 10.0. The van der Waals surface area contributed by atoms with E-state index in [-0.39, 0.29) is 5.91 Å². The molecule has 4 heteroatoms. The predicted octanol–water partition coefficient (Wildman–Crippen LogP) is 3.33. The second-order valence-corrected chi connectivity index (χ2v) is 7.01. The van der Waals surface area contributed by atoms with Crippen molar-refractivity contribution in [3.8, 4) is 5.75 Å². The molecule has 138 valence electrons. The normalized spacial score (nSPS) is 15.1. The lowest BCUT2D eigenvalue weighted by molar-refractivity contribution is -0.131. The van der Waals surface area contributed by atoms with Gasteiger partial charge >= 0.3 is 0 Å². The first-order chi connectivity index (χ1) is 12.7. The van der Waals surface area contributed by atoms with Crippen LogP contribution in [0.15, 0.2) is 48.5 Å². The average Bonchev–Trinajstić information content (AvgIpc) is 2.68. The number of para-hydroxylation sites is 1. The number of aryl methyl sites for hydroxylation is 1. The molecule has 0 atom stereocenters. The van der Waals surface area contributed by atoms with E-state index < -0.39 is 0 Å². The lowest BCUT2D eigenvalue weighted by Crippen LogP contribution is -2.45. The number of nitrogens with zero attached hydrogens (tertiary/aromatic N) is 1. The third kappa shape index (κ3) is 4.85. The van der Waals surface area contributed by atoms with Crippen molar-refractivity contribution in [3.63, 3.8) is 0 Å². The second kappa shape index (κ2) is 8.86. The van der Waals surface area contributed by atoms with Crippen LogP contribution in [0.25, 0.3) is 0 Å². The fraction of sp³-hybridized carbons (Fsp3) is 0.409. The summed E-state index contributed by atoms with van der Waals surface area (Å²) in [6.07, 6.45) is 2.42. The average molecular weight is 352 g/mol. The van der Waals surface area contributed by atoms with Crippen LogP contribution in [0.5, 0.6) is 5.75 Å². The molecule has 4 nitrogen and oxygen atoms in total. The van der Waals surface area contributed by atoms with E-state index in [1.54, 1.807) is 7.11 Å². The van der Waals surface area contributed by atoms with E-state index in [1.165, 1.54) is 11.1 Å². The van der Waals surface area contributed by atoms with Crippen LogP contribution in [0.1, 0.15) is 29.5 Å². The molecule has 1 saturated heterocycles. The summed E-state index contributed by atoms with van der Waals surface area (Å²) in [7, 11) is 1.65. The quantitative estimate of drug-likeness (QED) is 0.867. The summed E-state index contributed by atoms with van der Waals surface area (Å²) in [6.45, 7) is 4.63. The number of hydrogen-bond acceptors (Lipinski definition) is 3. The SMILES string of the molecule is COc1ccccc1CC(=O)N1CCC(NCc2ccc(C)cc2)CC1. The van der Waals surface area contributed by atoms with Crippen molar-refractivity contribution in [1.29, 1.82) is 0 Å². The Morgan fingerprint density at radius 3 is 2.50 bits per heavy atom. The highest BCUT2D eigenvalue weighted by molar-refractivity contribution is 5.79. The van der Waals surface area contributed by atoms with Gasteiger partial charge < -0.3 is 15.0 Å². The maximum absolute atomic E-state index is 12.6. The number of amides is 1. The van der Waals surface area contributed by atoms with E-state index >= 15 is 0 Å². The Balaban J connectivity index is 1.45. The van der Waals surface area contributed by atoms with Crippen LogP contribution < -0.4 is 10.1 Å². The molecule has 1 amide bonds. The maximum Gasteiger partial charge on any atom is 0.227 e. The van der Waals surface area contributed by atoms with Crippen molar-refractivity contribution in [1.82, 2.24) is 10.2 Å². The summed E-state index contributed by atoms with van der Waals surface area (Å²) < 4.78 is 5.35. The Morgan fingerprint density at radius 1 is 1.12 bits per heavy atom. The molecule has 26 heavy (non-hydrogen) atoms. The number of carbonyl (C=O) groups excluding carboxylic acids is 1. The summed E-state index contributed by atoms with van der Waals surface area (Å²) in [5.41, 5.74) is 3.56. The van der Waals surface area contributed by atoms with Crippen LogP contribution in [0.3, 0.4) is 0 Å². The standard InChI is InChI=1S/C22H28N2O2/c1-17-7-9-18(10-8-17)16-23-20-11-13-24(14-12-20)22(25)15-19-5-3-4-6-21(19)26-2/h3-10,20,23H,11-16H2,1-2H3. The van der Waals surface area contributed by atoms with E-state index in [4.69, 9.17) is 4.74 Å². The zero-order chi connectivity index (χ0) is 18.4. The third-order valence-corrected chi connectivity index (χ3v) is 5.10. The maximum atomic E-state index is 12.6. The summed E-state index contributed by atoms with van der Waals surface area (Å²) in [5.74, 6) is 0.974. The number of benzene rings is 2. The number of ether oxygens (including phenoxy) is 1. The monoisotopic (exact) mass is 352 g/mol. The molecule has 1 N–H and O–H groups in total. The minimum absolute atomic E-state index is 0.187. The first kappa shape index (κ1) is 18.5. The van der Waals surface area contributed by atoms with Crippen molar-refractivity contribution in [2.24, 2.45) is 0 Å². The molecule has 0 aromatic heterocycles. The van der Waals surface area contributed by atoms with E-state index in [9.17, 15) is 4.79 Å². The van der Waals surface area contributed by atoms with Gasteiger partial charge in [0.2, 0.25) is 5.91 Å². The van der Waals surface area contributed by atoms with Crippen LogP contribution in [-0.4, -0.2) is 37.0 Å². The number of likely N-dealkylation sites (tertiary alicyclic amines) is 1. The van der Waals surface area contributed by atoms with Gasteiger partial charge in [0.15, 0.2) is 0 Å². The zero-order valence-corrected chi connectivity index (χ0v) is 15.7. The molecular weight excluding hydrogens is 324 g/mol. The second-order valence-electron chi connectivity index (χ2n) is 7.01. The largest absolute Gasteiger partial charge is 0.496 e. The van der Waals surface area contributed by atoms with Crippen molar-refractivity contribution >= 4 is 5.91 Å². The highest BCUT2D eigenvalue weighted by Gasteiger charge is 2.23. The molecule has 1 fully saturated rings. The highest BCUT2D eigenvalue weighted by atomic mass is 16.5. The fourth-order valence-electron chi connectivity index (χ4n) is 3.42. The van der Waals surface area contributed by atoms with Crippen molar-refractivity contribution in [2.45, 2.75) is 38.8 Å². The lowest BCUT2D eigenvalue weighted by Gasteiger charge is -2.32. The van der Waals surface area contributed by atoms with Crippen LogP contribution in [0, 0.1) is 6.92 Å². The predicted molar refractivity (Wildman–Crippen MR) is 104 cm³/mol.